The van der Waals surface area contributed by atoms with Crippen molar-refractivity contribution in [3.63, 3.8) is 0 Å². The van der Waals surface area contributed by atoms with Crippen molar-refractivity contribution < 1.29 is 4.79 Å². The fraction of sp³-hybridized carbons (Fsp3) is 0.923. The smallest absolute Gasteiger partial charge is 0.139 e. The second-order valence-electron chi connectivity index (χ2n) is 5.78. The Morgan fingerprint density at radius 3 is 1.79 bits per heavy atom. The molecule has 1 atom stereocenters. The van der Waals surface area contributed by atoms with Gasteiger partial charge in [0.05, 0.1) is 0 Å². The highest BCUT2D eigenvalue weighted by atomic mass is 16.1. The highest BCUT2D eigenvalue weighted by Gasteiger charge is 2.45. The first-order chi connectivity index (χ1) is 6.17. The number of rotatable bonds is 4. The Hall–Kier alpha value is -0.330. The van der Waals surface area contributed by atoms with Crippen LogP contribution in [0, 0.1) is 16.7 Å². The molecule has 0 saturated carbocycles. The average molecular weight is 198 g/mol. The highest BCUT2D eigenvalue weighted by Crippen LogP contribution is 2.45. The molecular formula is C13H26O. The zero-order chi connectivity index (χ0) is 11.6. The Kier molecular flexibility index (Phi) is 4.35. The van der Waals surface area contributed by atoms with Crippen LogP contribution in [0.15, 0.2) is 0 Å². The Morgan fingerprint density at radius 2 is 1.57 bits per heavy atom. The fourth-order valence-corrected chi connectivity index (χ4v) is 2.09. The van der Waals surface area contributed by atoms with Gasteiger partial charge in [0.2, 0.25) is 0 Å². The van der Waals surface area contributed by atoms with Crippen molar-refractivity contribution in [2.75, 3.05) is 0 Å². The van der Waals surface area contributed by atoms with E-state index in [1.807, 2.05) is 0 Å². The van der Waals surface area contributed by atoms with Gasteiger partial charge < -0.3 is 0 Å². The largest absolute Gasteiger partial charge is 0.299 e. The minimum atomic E-state index is -0.191. The number of Topliss-reactive ketones (excluding diaryl/α,β-unsaturated/α-hetero) is 1. The summed E-state index contributed by atoms with van der Waals surface area (Å²) in [5.74, 6) is 0.823. The molecule has 0 amide bonds. The molecule has 0 bridgehead atoms. The van der Waals surface area contributed by atoms with Crippen LogP contribution in [0.2, 0.25) is 0 Å². The molecule has 1 nitrogen and oxygen atoms in total. The summed E-state index contributed by atoms with van der Waals surface area (Å²) in [6.07, 6.45) is 1.67. The van der Waals surface area contributed by atoms with E-state index in [-0.39, 0.29) is 10.8 Å². The van der Waals surface area contributed by atoms with Gasteiger partial charge in [-0.15, -0.1) is 0 Å². The van der Waals surface area contributed by atoms with Crippen molar-refractivity contribution >= 4 is 5.78 Å². The maximum Gasteiger partial charge on any atom is 0.139 e. The predicted molar refractivity (Wildman–Crippen MR) is 62.3 cm³/mol. The van der Waals surface area contributed by atoms with E-state index in [9.17, 15) is 4.79 Å². The monoisotopic (exact) mass is 198 g/mol. The summed E-state index contributed by atoms with van der Waals surface area (Å²) in [7, 11) is 0. The van der Waals surface area contributed by atoms with E-state index >= 15 is 0 Å². The number of hydrogen-bond acceptors (Lipinski definition) is 1. The third-order valence-electron chi connectivity index (χ3n) is 3.77. The van der Waals surface area contributed by atoms with Crippen LogP contribution in [-0.2, 0) is 4.79 Å². The van der Waals surface area contributed by atoms with E-state index in [0.29, 0.717) is 18.1 Å². The van der Waals surface area contributed by atoms with Gasteiger partial charge in [0.15, 0.2) is 0 Å². The summed E-state index contributed by atoms with van der Waals surface area (Å²) >= 11 is 0. The topological polar surface area (TPSA) is 17.1 Å². The second-order valence-corrected chi connectivity index (χ2v) is 5.78. The number of carbonyl (C=O) groups is 1. The van der Waals surface area contributed by atoms with Crippen molar-refractivity contribution in [1.29, 1.82) is 0 Å². The lowest BCUT2D eigenvalue weighted by molar-refractivity contribution is -0.137. The Bertz CT molecular complexity index is 198. The van der Waals surface area contributed by atoms with Gasteiger partial charge in [0, 0.05) is 11.8 Å². The summed E-state index contributed by atoms with van der Waals surface area (Å²) in [4.78, 5) is 12.2. The lowest BCUT2D eigenvalue weighted by Gasteiger charge is -2.44. The van der Waals surface area contributed by atoms with Crippen molar-refractivity contribution in [1.82, 2.24) is 0 Å². The molecule has 0 saturated heterocycles. The van der Waals surface area contributed by atoms with Crippen LogP contribution in [0.5, 0.6) is 0 Å². The summed E-state index contributed by atoms with van der Waals surface area (Å²) in [6, 6.07) is 0. The third-order valence-corrected chi connectivity index (χ3v) is 3.77. The van der Waals surface area contributed by atoms with Crippen LogP contribution >= 0.6 is 0 Å². The van der Waals surface area contributed by atoms with E-state index < -0.39 is 0 Å². The quantitative estimate of drug-likeness (QED) is 0.665. The molecule has 0 N–H and O–H groups in total. The van der Waals surface area contributed by atoms with Crippen molar-refractivity contribution in [3.05, 3.63) is 0 Å². The molecule has 0 heterocycles. The van der Waals surface area contributed by atoms with E-state index in [1.54, 1.807) is 0 Å². The zero-order valence-electron chi connectivity index (χ0n) is 10.9. The molecule has 0 aliphatic carbocycles. The lowest BCUT2D eigenvalue weighted by Crippen LogP contribution is -2.44. The van der Waals surface area contributed by atoms with Gasteiger partial charge in [-0.05, 0) is 17.8 Å². The Balaban J connectivity index is 5.01. The van der Waals surface area contributed by atoms with E-state index in [0.717, 1.165) is 6.42 Å². The fourth-order valence-electron chi connectivity index (χ4n) is 2.09. The zero-order valence-corrected chi connectivity index (χ0v) is 10.9. The molecule has 0 aromatic rings. The number of hydrogen-bond donors (Lipinski definition) is 0. The normalized spacial score (nSPS) is 16.9. The molecule has 1 unspecified atom stereocenters. The number of carbonyl (C=O) groups excluding carboxylic acids is 1. The van der Waals surface area contributed by atoms with Crippen LogP contribution in [0.3, 0.4) is 0 Å². The van der Waals surface area contributed by atoms with Gasteiger partial charge in [-0.1, -0.05) is 48.5 Å². The van der Waals surface area contributed by atoms with Crippen LogP contribution < -0.4 is 0 Å². The predicted octanol–water partition coefficient (Wildman–Crippen LogP) is 4.06. The summed E-state index contributed by atoms with van der Waals surface area (Å²) in [6.45, 7) is 15.0. The van der Waals surface area contributed by atoms with Crippen molar-refractivity contribution in [3.8, 4) is 0 Å². The molecule has 84 valence electrons. The first-order valence-electron chi connectivity index (χ1n) is 5.71. The Labute approximate surface area is 89.3 Å². The maximum absolute atomic E-state index is 12.2. The maximum atomic E-state index is 12.2. The molecule has 0 aliphatic heterocycles. The molecule has 1 heteroatoms. The molecule has 0 rings (SSSR count). The van der Waals surface area contributed by atoms with Crippen LogP contribution in [0.25, 0.3) is 0 Å². The molecule has 0 aromatic heterocycles. The molecule has 0 fully saturated rings. The average Bonchev–Trinajstić information content (AvgIpc) is 2.00. The lowest BCUT2D eigenvalue weighted by atomic mass is 9.59. The minimum absolute atomic E-state index is 0.0490. The summed E-state index contributed by atoms with van der Waals surface area (Å²) in [5.41, 5.74) is -0.142. The van der Waals surface area contributed by atoms with Gasteiger partial charge in [-0.3, -0.25) is 4.79 Å². The summed E-state index contributed by atoms with van der Waals surface area (Å²) in [5, 5.41) is 0. The third kappa shape index (κ3) is 2.37. The van der Waals surface area contributed by atoms with E-state index in [2.05, 4.69) is 48.5 Å². The van der Waals surface area contributed by atoms with Gasteiger partial charge in [0.1, 0.15) is 5.78 Å². The van der Waals surface area contributed by atoms with Gasteiger partial charge >= 0.3 is 0 Å². The van der Waals surface area contributed by atoms with Crippen molar-refractivity contribution in [2.24, 2.45) is 16.7 Å². The Morgan fingerprint density at radius 1 is 1.14 bits per heavy atom. The standard InChI is InChI=1S/C13H26O/c1-8-9-11(14)13(7,10(2)3)12(4,5)6/h10H,8-9H2,1-7H3. The first kappa shape index (κ1) is 13.7. The summed E-state index contributed by atoms with van der Waals surface area (Å²) < 4.78 is 0. The van der Waals surface area contributed by atoms with Gasteiger partial charge in [-0.25, -0.2) is 0 Å². The molecule has 0 aromatic carbocycles. The van der Waals surface area contributed by atoms with Crippen LogP contribution in [0.4, 0.5) is 0 Å². The minimum Gasteiger partial charge on any atom is -0.299 e. The first-order valence-corrected chi connectivity index (χ1v) is 5.71. The second kappa shape index (κ2) is 4.46. The van der Waals surface area contributed by atoms with Crippen LogP contribution in [0.1, 0.15) is 61.3 Å². The van der Waals surface area contributed by atoms with Gasteiger partial charge in [0.25, 0.3) is 0 Å². The SMILES string of the molecule is CCCC(=O)C(C)(C(C)C)C(C)(C)C. The van der Waals surface area contributed by atoms with Gasteiger partial charge in [-0.2, -0.15) is 0 Å². The highest BCUT2D eigenvalue weighted by molar-refractivity contribution is 5.85. The molecule has 14 heavy (non-hydrogen) atoms. The number of ketones is 1. The molecular weight excluding hydrogens is 172 g/mol. The van der Waals surface area contributed by atoms with Crippen LogP contribution in [-0.4, -0.2) is 5.78 Å². The van der Waals surface area contributed by atoms with E-state index in [1.165, 1.54) is 0 Å². The van der Waals surface area contributed by atoms with E-state index in [4.69, 9.17) is 0 Å². The molecule has 0 radical (unpaired) electrons. The molecule has 0 spiro atoms. The van der Waals surface area contributed by atoms with Crippen molar-refractivity contribution in [2.45, 2.75) is 61.3 Å². The molecule has 0 aliphatic rings.